The number of carbonyl (C=O) groups is 2. The van der Waals surface area contributed by atoms with Crippen molar-refractivity contribution < 1.29 is 19.1 Å². The number of carbonyl (C=O) groups excluding carboxylic acids is 2. The molecule has 0 saturated carbocycles. The van der Waals surface area contributed by atoms with E-state index < -0.39 is 0 Å². The molecule has 0 spiro atoms. The van der Waals surface area contributed by atoms with Crippen LogP contribution in [-0.2, 0) is 19.1 Å². The minimum atomic E-state index is -0.312. The zero-order valence-electron chi connectivity index (χ0n) is 22.3. The third-order valence-electron chi connectivity index (χ3n) is 6.26. The van der Waals surface area contributed by atoms with Gasteiger partial charge in [0.25, 0.3) is 0 Å². The van der Waals surface area contributed by atoms with Gasteiger partial charge in [0.15, 0.2) is 0 Å². The lowest BCUT2D eigenvalue weighted by molar-refractivity contribution is -0.150. The summed E-state index contributed by atoms with van der Waals surface area (Å²) in [7, 11) is 0. The van der Waals surface area contributed by atoms with Gasteiger partial charge >= 0.3 is 11.9 Å². The summed E-state index contributed by atoms with van der Waals surface area (Å²) >= 11 is 0. The Morgan fingerprint density at radius 1 is 0.394 bits per heavy atom. The molecule has 0 aromatic carbocycles. The third kappa shape index (κ3) is 27.1. The van der Waals surface area contributed by atoms with Crippen LogP contribution in [-0.4, -0.2) is 25.2 Å². The molecule has 196 valence electrons. The predicted octanol–water partition coefficient (Wildman–Crippen LogP) is 9.08. The van der Waals surface area contributed by atoms with Crippen LogP contribution < -0.4 is 0 Å². The molecule has 0 heterocycles. The molecule has 0 aliphatic carbocycles. The Bertz CT molecular complexity index is 422. The van der Waals surface area contributed by atoms with Crippen LogP contribution in [0.1, 0.15) is 162 Å². The second-order valence-corrected chi connectivity index (χ2v) is 9.66. The Kier molecular flexibility index (Phi) is 26.3. The van der Waals surface area contributed by atoms with Gasteiger partial charge < -0.3 is 9.47 Å². The summed E-state index contributed by atoms with van der Waals surface area (Å²) in [5.74, 6) is -0.603. The van der Waals surface area contributed by atoms with Crippen LogP contribution in [0.5, 0.6) is 0 Å². The summed E-state index contributed by atoms with van der Waals surface area (Å²) < 4.78 is 10.1. The maximum atomic E-state index is 11.6. The van der Waals surface area contributed by atoms with Crippen LogP contribution >= 0.6 is 0 Å². The van der Waals surface area contributed by atoms with Crippen molar-refractivity contribution in [2.75, 3.05) is 13.2 Å². The first-order chi connectivity index (χ1) is 16.2. The van der Waals surface area contributed by atoms with Crippen LogP contribution in [0.15, 0.2) is 0 Å². The molecule has 0 fully saturated rings. The molecule has 0 atom stereocenters. The Hall–Kier alpha value is -1.06. The average Bonchev–Trinajstić information content (AvgIpc) is 2.82. The molecule has 0 saturated heterocycles. The van der Waals surface area contributed by atoms with Gasteiger partial charge in [-0.2, -0.15) is 0 Å². The fraction of sp³-hybridized carbons (Fsp3) is 0.931. The quantitative estimate of drug-likeness (QED) is 0.0938. The topological polar surface area (TPSA) is 52.6 Å². The van der Waals surface area contributed by atoms with E-state index in [4.69, 9.17) is 9.47 Å². The van der Waals surface area contributed by atoms with Gasteiger partial charge in [-0.1, -0.05) is 136 Å². The van der Waals surface area contributed by atoms with E-state index in [-0.39, 0.29) is 24.8 Å². The average molecular weight is 469 g/mol. The van der Waals surface area contributed by atoms with Crippen molar-refractivity contribution in [2.45, 2.75) is 162 Å². The molecule has 0 rings (SSSR count). The first-order valence-corrected chi connectivity index (χ1v) is 14.5. The molecule has 4 nitrogen and oxygen atoms in total. The van der Waals surface area contributed by atoms with E-state index in [0.29, 0.717) is 13.2 Å². The summed E-state index contributed by atoms with van der Waals surface area (Å²) in [6.45, 7) is 5.13. The molecule has 0 amide bonds. The molecule has 33 heavy (non-hydrogen) atoms. The van der Waals surface area contributed by atoms with Gasteiger partial charge in [-0.05, 0) is 12.8 Å². The highest BCUT2D eigenvalue weighted by atomic mass is 16.5. The van der Waals surface area contributed by atoms with Crippen molar-refractivity contribution in [3.63, 3.8) is 0 Å². The molecule has 0 aliphatic rings. The largest absolute Gasteiger partial charge is 0.466 e. The lowest BCUT2D eigenvalue weighted by Gasteiger charge is -2.06. The molecular weight excluding hydrogens is 412 g/mol. The maximum Gasteiger partial charge on any atom is 0.306 e. The van der Waals surface area contributed by atoms with Crippen LogP contribution in [0.25, 0.3) is 0 Å². The van der Waals surface area contributed by atoms with Gasteiger partial charge in [0.05, 0.1) is 26.1 Å². The summed E-state index contributed by atoms with van der Waals surface area (Å²) in [6, 6.07) is 0. The van der Waals surface area contributed by atoms with E-state index in [2.05, 4.69) is 6.92 Å². The number of unbranched alkanes of at least 4 members (excludes halogenated alkanes) is 19. The fourth-order valence-corrected chi connectivity index (χ4v) is 4.11. The zero-order chi connectivity index (χ0) is 24.2. The van der Waals surface area contributed by atoms with Crippen molar-refractivity contribution in [2.24, 2.45) is 0 Å². The fourth-order valence-electron chi connectivity index (χ4n) is 4.11. The minimum Gasteiger partial charge on any atom is -0.466 e. The normalized spacial score (nSPS) is 11.0. The molecule has 4 heteroatoms. The van der Waals surface area contributed by atoms with E-state index in [1.54, 1.807) is 0 Å². The first kappa shape index (κ1) is 31.9. The second-order valence-electron chi connectivity index (χ2n) is 9.66. The first-order valence-electron chi connectivity index (χ1n) is 14.5. The summed E-state index contributed by atoms with van der Waals surface area (Å²) in [6.07, 6.45) is 28.2. The Morgan fingerprint density at radius 2 is 0.697 bits per heavy atom. The number of esters is 2. The van der Waals surface area contributed by atoms with Crippen molar-refractivity contribution in [1.29, 1.82) is 0 Å². The number of hydrogen-bond acceptors (Lipinski definition) is 4. The Labute approximate surface area is 206 Å². The van der Waals surface area contributed by atoms with E-state index >= 15 is 0 Å². The number of ether oxygens (including phenoxy) is 2. The highest BCUT2D eigenvalue weighted by molar-refractivity contribution is 5.77. The van der Waals surface area contributed by atoms with Gasteiger partial charge in [0, 0.05) is 0 Å². The second kappa shape index (κ2) is 27.2. The number of hydrogen-bond donors (Lipinski definition) is 0. The molecule has 0 bridgehead atoms. The predicted molar refractivity (Wildman–Crippen MR) is 139 cm³/mol. The van der Waals surface area contributed by atoms with Gasteiger partial charge in [0.1, 0.15) is 0 Å². The van der Waals surface area contributed by atoms with E-state index in [0.717, 1.165) is 19.3 Å². The monoisotopic (exact) mass is 468 g/mol. The molecule has 0 radical (unpaired) electrons. The zero-order valence-corrected chi connectivity index (χ0v) is 22.3. The van der Waals surface area contributed by atoms with Crippen LogP contribution in [0.4, 0.5) is 0 Å². The Morgan fingerprint density at radius 3 is 1.03 bits per heavy atom. The molecule has 0 unspecified atom stereocenters. The lowest BCUT2D eigenvalue weighted by Crippen LogP contribution is -2.11. The smallest absolute Gasteiger partial charge is 0.306 e. The highest BCUT2D eigenvalue weighted by Crippen LogP contribution is 2.14. The van der Waals surface area contributed by atoms with E-state index in [9.17, 15) is 9.59 Å². The van der Waals surface area contributed by atoms with Gasteiger partial charge in [0.2, 0.25) is 0 Å². The van der Waals surface area contributed by atoms with E-state index in [1.807, 2.05) is 6.92 Å². The van der Waals surface area contributed by atoms with Crippen molar-refractivity contribution in [3.05, 3.63) is 0 Å². The standard InChI is InChI=1S/C29H56O4/c1-3-5-6-7-8-9-10-11-12-13-14-15-16-17-18-19-20-21-22-23-27-33-29(31)25-24-28(30)32-26-4-2/h3-27H2,1-2H3. The van der Waals surface area contributed by atoms with Crippen molar-refractivity contribution in [1.82, 2.24) is 0 Å². The Balaban J connectivity index is 3.15. The van der Waals surface area contributed by atoms with Gasteiger partial charge in [-0.25, -0.2) is 0 Å². The molecule has 0 N–H and O–H groups in total. The SMILES string of the molecule is CCCCCCCCCCCCCCCCCCCCCCOC(=O)CCC(=O)OCCC. The van der Waals surface area contributed by atoms with Crippen LogP contribution in [0.3, 0.4) is 0 Å². The summed E-state index contributed by atoms with van der Waals surface area (Å²) in [5, 5.41) is 0. The van der Waals surface area contributed by atoms with E-state index in [1.165, 1.54) is 116 Å². The summed E-state index contributed by atoms with van der Waals surface area (Å²) in [5.41, 5.74) is 0. The summed E-state index contributed by atoms with van der Waals surface area (Å²) in [4.78, 5) is 22.9. The maximum absolute atomic E-state index is 11.6. The molecule has 0 aromatic heterocycles. The van der Waals surface area contributed by atoms with Crippen molar-refractivity contribution in [3.8, 4) is 0 Å². The van der Waals surface area contributed by atoms with Crippen LogP contribution in [0.2, 0.25) is 0 Å². The molecule has 0 aromatic rings. The number of rotatable bonds is 26. The third-order valence-corrected chi connectivity index (χ3v) is 6.26. The molecular formula is C29H56O4. The highest BCUT2D eigenvalue weighted by Gasteiger charge is 2.08. The van der Waals surface area contributed by atoms with Gasteiger partial charge in [-0.15, -0.1) is 0 Å². The minimum absolute atomic E-state index is 0.123. The molecule has 0 aliphatic heterocycles. The van der Waals surface area contributed by atoms with Gasteiger partial charge in [-0.3, -0.25) is 9.59 Å². The lowest BCUT2D eigenvalue weighted by atomic mass is 10.0. The van der Waals surface area contributed by atoms with Crippen LogP contribution in [0, 0.1) is 0 Å². The van der Waals surface area contributed by atoms with Crippen molar-refractivity contribution >= 4 is 11.9 Å².